The van der Waals surface area contributed by atoms with Crippen molar-refractivity contribution in [2.24, 2.45) is 11.7 Å². The van der Waals surface area contributed by atoms with Crippen molar-refractivity contribution < 1.29 is 14.3 Å². The van der Waals surface area contributed by atoms with E-state index in [9.17, 15) is 9.59 Å². The molecule has 2 rings (SSSR count). The Morgan fingerprint density at radius 3 is 2.78 bits per heavy atom. The Morgan fingerprint density at radius 1 is 1.30 bits per heavy atom. The van der Waals surface area contributed by atoms with Crippen LogP contribution < -0.4 is 21.1 Å². The molecule has 0 saturated carbocycles. The van der Waals surface area contributed by atoms with Gasteiger partial charge in [-0.15, -0.1) is 12.4 Å². The summed E-state index contributed by atoms with van der Waals surface area (Å²) in [6.07, 6.45) is 2.68. The third kappa shape index (κ3) is 6.88. The molecule has 1 fully saturated rings. The van der Waals surface area contributed by atoms with Crippen molar-refractivity contribution in [3.05, 3.63) is 24.3 Å². The topological polar surface area (TPSA) is 93.5 Å². The molecule has 7 heteroatoms. The smallest absolute Gasteiger partial charge is 0.224 e. The van der Waals surface area contributed by atoms with E-state index in [0.29, 0.717) is 23.8 Å². The average molecular weight is 342 g/mol. The molecular formula is C16H24ClN3O3. The fourth-order valence-corrected chi connectivity index (χ4v) is 2.47. The summed E-state index contributed by atoms with van der Waals surface area (Å²) in [6.45, 7) is 2.25. The van der Waals surface area contributed by atoms with Gasteiger partial charge < -0.3 is 21.1 Å². The second-order valence-corrected chi connectivity index (χ2v) is 5.51. The lowest BCUT2D eigenvalue weighted by Gasteiger charge is -2.13. The molecule has 1 atom stereocenters. The summed E-state index contributed by atoms with van der Waals surface area (Å²) in [4.78, 5) is 22.8. The van der Waals surface area contributed by atoms with E-state index in [0.717, 1.165) is 25.9 Å². The second-order valence-electron chi connectivity index (χ2n) is 5.51. The third-order valence-electron chi connectivity index (χ3n) is 3.71. The minimum Gasteiger partial charge on any atom is -0.491 e. The highest BCUT2D eigenvalue weighted by Gasteiger charge is 2.16. The van der Waals surface area contributed by atoms with Gasteiger partial charge in [0.2, 0.25) is 11.8 Å². The Hall–Kier alpha value is -1.79. The van der Waals surface area contributed by atoms with E-state index in [1.165, 1.54) is 0 Å². The number of carbonyl (C=O) groups excluding carboxylic acids is 2. The monoisotopic (exact) mass is 341 g/mol. The van der Waals surface area contributed by atoms with Gasteiger partial charge in [-0.25, -0.2) is 0 Å². The summed E-state index contributed by atoms with van der Waals surface area (Å²) in [7, 11) is 0. The quantitative estimate of drug-likeness (QED) is 0.670. The first-order chi connectivity index (χ1) is 10.6. The molecular weight excluding hydrogens is 318 g/mol. The van der Waals surface area contributed by atoms with Gasteiger partial charge in [0.25, 0.3) is 0 Å². The van der Waals surface area contributed by atoms with Gasteiger partial charge in [0, 0.05) is 6.42 Å². The van der Waals surface area contributed by atoms with Gasteiger partial charge in [0.05, 0.1) is 18.7 Å². The summed E-state index contributed by atoms with van der Waals surface area (Å²) in [5.74, 6) is 0.719. The van der Waals surface area contributed by atoms with Crippen molar-refractivity contribution in [2.45, 2.75) is 25.7 Å². The largest absolute Gasteiger partial charge is 0.491 e. The molecule has 1 aliphatic rings. The van der Waals surface area contributed by atoms with Crippen LogP contribution in [0.4, 0.5) is 5.69 Å². The van der Waals surface area contributed by atoms with Crippen LogP contribution in [-0.4, -0.2) is 31.5 Å². The van der Waals surface area contributed by atoms with Gasteiger partial charge in [-0.3, -0.25) is 9.59 Å². The van der Waals surface area contributed by atoms with Gasteiger partial charge in [-0.2, -0.15) is 0 Å². The second kappa shape index (κ2) is 10.1. The maximum atomic E-state index is 12.0. The number of hydrogen-bond acceptors (Lipinski definition) is 4. The Kier molecular flexibility index (Phi) is 8.43. The van der Waals surface area contributed by atoms with Crippen molar-refractivity contribution in [2.75, 3.05) is 25.0 Å². The van der Waals surface area contributed by atoms with Gasteiger partial charge in [-0.05, 0) is 44.0 Å². The van der Waals surface area contributed by atoms with E-state index in [-0.39, 0.29) is 31.3 Å². The molecule has 1 aromatic rings. The van der Waals surface area contributed by atoms with Crippen molar-refractivity contribution in [1.82, 2.24) is 5.32 Å². The van der Waals surface area contributed by atoms with Crippen molar-refractivity contribution in [3.63, 3.8) is 0 Å². The molecule has 0 bridgehead atoms. The molecule has 1 unspecified atom stereocenters. The van der Waals surface area contributed by atoms with Gasteiger partial charge >= 0.3 is 0 Å². The predicted octanol–water partition coefficient (Wildman–Crippen LogP) is 1.69. The van der Waals surface area contributed by atoms with Gasteiger partial charge in [0.15, 0.2) is 0 Å². The lowest BCUT2D eigenvalue weighted by Crippen LogP contribution is -2.17. The molecule has 0 aliphatic carbocycles. The molecule has 1 heterocycles. The maximum absolute atomic E-state index is 12.0. The zero-order valence-corrected chi connectivity index (χ0v) is 13.9. The summed E-state index contributed by atoms with van der Waals surface area (Å²) in [5.41, 5.74) is 5.71. The highest BCUT2D eigenvalue weighted by molar-refractivity contribution is 5.92. The zero-order chi connectivity index (χ0) is 15.8. The number of hydrogen-bond donors (Lipinski definition) is 3. The molecule has 128 valence electrons. The van der Waals surface area contributed by atoms with Crippen LogP contribution in [0, 0.1) is 5.92 Å². The number of nitrogens with two attached hydrogens (primary N) is 1. The number of carbonyl (C=O) groups is 2. The van der Waals surface area contributed by atoms with Crippen molar-refractivity contribution in [3.8, 4) is 5.75 Å². The molecule has 1 aromatic carbocycles. The van der Waals surface area contributed by atoms with Gasteiger partial charge in [0.1, 0.15) is 5.75 Å². The van der Waals surface area contributed by atoms with E-state index >= 15 is 0 Å². The van der Waals surface area contributed by atoms with E-state index in [4.69, 9.17) is 10.5 Å². The molecule has 6 nitrogen and oxygen atoms in total. The minimum atomic E-state index is -0.410. The number of ether oxygens (including phenoxy) is 1. The van der Waals surface area contributed by atoms with E-state index in [1.807, 2.05) is 12.1 Å². The maximum Gasteiger partial charge on any atom is 0.224 e. The van der Waals surface area contributed by atoms with E-state index < -0.39 is 5.91 Å². The van der Waals surface area contributed by atoms with Crippen LogP contribution in [0.15, 0.2) is 24.3 Å². The summed E-state index contributed by atoms with van der Waals surface area (Å²) in [5, 5.41) is 6.17. The summed E-state index contributed by atoms with van der Waals surface area (Å²) in [6, 6.07) is 7.20. The number of benzene rings is 1. The molecule has 0 spiro atoms. The predicted molar refractivity (Wildman–Crippen MR) is 91.8 cm³/mol. The Morgan fingerprint density at radius 2 is 2.09 bits per heavy atom. The molecule has 1 saturated heterocycles. The summed E-state index contributed by atoms with van der Waals surface area (Å²) < 4.78 is 5.50. The molecule has 2 amide bonds. The van der Waals surface area contributed by atoms with E-state index in [2.05, 4.69) is 10.6 Å². The van der Waals surface area contributed by atoms with Crippen LogP contribution in [0.5, 0.6) is 5.75 Å². The number of para-hydroxylation sites is 2. The molecule has 0 radical (unpaired) electrons. The lowest BCUT2D eigenvalue weighted by atomic mass is 10.0. The first-order valence-electron chi connectivity index (χ1n) is 7.66. The minimum absolute atomic E-state index is 0. The van der Waals surface area contributed by atoms with Crippen LogP contribution in [0.25, 0.3) is 0 Å². The number of nitrogens with one attached hydrogen (secondary N) is 2. The lowest BCUT2D eigenvalue weighted by molar-refractivity contribution is -0.118. The SMILES string of the molecule is Cl.NC(=O)CCOc1ccccc1NC(=O)CCC1CCNC1. The molecule has 23 heavy (non-hydrogen) atoms. The fraction of sp³-hybridized carbons (Fsp3) is 0.500. The Labute approximate surface area is 142 Å². The van der Waals surface area contributed by atoms with E-state index in [1.54, 1.807) is 12.1 Å². The van der Waals surface area contributed by atoms with Gasteiger partial charge in [-0.1, -0.05) is 12.1 Å². The normalized spacial score (nSPS) is 16.4. The fourth-order valence-electron chi connectivity index (χ4n) is 2.47. The number of halogens is 1. The average Bonchev–Trinajstić information content (AvgIpc) is 3.00. The molecule has 1 aliphatic heterocycles. The van der Waals surface area contributed by atoms with Crippen LogP contribution in [0.2, 0.25) is 0 Å². The number of primary amides is 1. The van der Waals surface area contributed by atoms with Crippen molar-refractivity contribution >= 4 is 29.9 Å². The zero-order valence-electron chi connectivity index (χ0n) is 13.0. The Balaban J connectivity index is 0.00000264. The van der Waals surface area contributed by atoms with Crippen LogP contribution >= 0.6 is 12.4 Å². The number of amides is 2. The number of rotatable bonds is 8. The third-order valence-corrected chi connectivity index (χ3v) is 3.71. The van der Waals surface area contributed by atoms with Crippen molar-refractivity contribution in [1.29, 1.82) is 0 Å². The van der Waals surface area contributed by atoms with Crippen LogP contribution in [0.3, 0.4) is 0 Å². The molecule has 4 N–H and O–H groups in total. The standard InChI is InChI=1S/C16H23N3O3.ClH/c17-15(20)8-10-22-14-4-2-1-3-13(14)19-16(21)6-5-12-7-9-18-11-12;/h1-4,12,18H,5-11H2,(H2,17,20)(H,19,21);1H. The Bertz CT molecular complexity index is 519. The first-order valence-corrected chi connectivity index (χ1v) is 7.66. The number of anilines is 1. The highest BCUT2D eigenvalue weighted by atomic mass is 35.5. The van der Waals surface area contributed by atoms with Crippen LogP contribution in [-0.2, 0) is 9.59 Å². The first kappa shape index (κ1) is 19.3. The van der Waals surface area contributed by atoms with Crippen LogP contribution in [0.1, 0.15) is 25.7 Å². The summed E-state index contributed by atoms with van der Waals surface area (Å²) >= 11 is 0. The molecule has 0 aromatic heterocycles. The highest BCUT2D eigenvalue weighted by Crippen LogP contribution is 2.24.